The van der Waals surface area contributed by atoms with Gasteiger partial charge in [0, 0.05) is 12.6 Å². The van der Waals surface area contributed by atoms with Crippen LogP contribution < -0.4 is 11.3 Å². The van der Waals surface area contributed by atoms with Crippen LogP contribution in [0.2, 0.25) is 5.02 Å². The number of nitrogens with two attached hydrogens (primary N) is 1. The van der Waals surface area contributed by atoms with Crippen LogP contribution in [0.1, 0.15) is 51.0 Å². The molecule has 0 bridgehead atoms. The van der Waals surface area contributed by atoms with Crippen LogP contribution >= 0.6 is 11.6 Å². The third kappa shape index (κ3) is 4.58. The maximum absolute atomic E-state index is 12.8. The molecule has 0 saturated heterocycles. The number of hydrogen-bond acceptors (Lipinski definition) is 4. The molecule has 21 heavy (non-hydrogen) atoms. The summed E-state index contributed by atoms with van der Waals surface area (Å²) in [7, 11) is 0. The normalized spacial score (nSPS) is 11.0. The Bertz CT molecular complexity index is 475. The SMILES string of the molecule is CCC(CC)N(CC(C)C)C(=O)c1nc(NN)ccc1Cl. The molecule has 6 heteroatoms. The van der Waals surface area contributed by atoms with E-state index in [1.165, 1.54) is 0 Å². The van der Waals surface area contributed by atoms with E-state index >= 15 is 0 Å². The number of hydrogen-bond donors (Lipinski definition) is 2. The maximum Gasteiger partial charge on any atom is 0.274 e. The molecule has 1 aromatic rings. The number of halogens is 1. The van der Waals surface area contributed by atoms with Crippen molar-refractivity contribution in [3.05, 3.63) is 22.8 Å². The second kappa shape index (κ2) is 8.20. The molecular formula is C15H25ClN4O. The lowest BCUT2D eigenvalue weighted by atomic mass is 10.1. The summed E-state index contributed by atoms with van der Waals surface area (Å²) >= 11 is 6.14. The zero-order valence-corrected chi connectivity index (χ0v) is 13.9. The van der Waals surface area contributed by atoms with Gasteiger partial charge in [0.15, 0.2) is 0 Å². The van der Waals surface area contributed by atoms with E-state index in [0.29, 0.717) is 23.3 Å². The van der Waals surface area contributed by atoms with Gasteiger partial charge in [-0.2, -0.15) is 0 Å². The first-order valence-corrected chi connectivity index (χ1v) is 7.76. The van der Waals surface area contributed by atoms with E-state index in [1.807, 2.05) is 4.90 Å². The number of hydrazine groups is 1. The molecule has 5 nitrogen and oxygen atoms in total. The van der Waals surface area contributed by atoms with Crippen LogP contribution in [0, 0.1) is 5.92 Å². The number of nitrogen functional groups attached to an aromatic ring is 1. The van der Waals surface area contributed by atoms with E-state index in [1.54, 1.807) is 12.1 Å². The third-order valence-corrected chi connectivity index (χ3v) is 3.71. The quantitative estimate of drug-likeness (QED) is 0.598. The fourth-order valence-electron chi connectivity index (χ4n) is 2.33. The van der Waals surface area contributed by atoms with Crippen LogP contribution in [-0.2, 0) is 0 Å². The van der Waals surface area contributed by atoms with Gasteiger partial charge < -0.3 is 10.3 Å². The zero-order valence-electron chi connectivity index (χ0n) is 13.2. The number of nitrogens with one attached hydrogen (secondary N) is 1. The topological polar surface area (TPSA) is 71.2 Å². The molecular weight excluding hydrogens is 288 g/mol. The summed E-state index contributed by atoms with van der Waals surface area (Å²) in [5.74, 6) is 6.02. The fraction of sp³-hybridized carbons (Fsp3) is 0.600. The molecule has 0 unspecified atom stereocenters. The molecule has 0 spiro atoms. The monoisotopic (exact) mass is 312 g/mol. The Morgan fingerprint density at radius 3 is 2.48 bits per heavy atom. The summed E-state index contributed by atoms with van der Waals surface area (Å²) in [5.41, 5.74) is 2.70. The molecule has 1 heterocycles. The van der Waals surface area contributed by atoms with Crippen LogP contribution in [0.5, 0.6) is 0 Å². The van der Waals surface area contributed by atoms with Crippen molar-refractivity contribution in [2.45, 2.75) is 46.6 Å². The molecule has 0 atom stereocenters. The summed E-state index contributed by atoms with van der Waals surface area (Å²) in [5, 5.41) is 0.346. The number of pyridine rings is 1. The van der Waals surface area contributed by atoms with Crippen molar-refractivity contribution in [1.29, 1.82) is 0 Å². The second-order valence-electron chi connectivity index (χ2n) is 5.49. The highest BCUT2D eigenvalue weighted by atomic mass is 35.5. The van der Waals surface area contributed by atoms with Gasteiger partial charge in [-0.1, -0.05) is 39.3 Å². The second-order valence-corrected chi connectivity index (χ2v) is 5.90. The van der Waals surface area contributed by atoms with Gasteiger partial charge >= 0.3 is 0 Å². The Morgan fingerprint density at radius 1 is 1.38 bits per heavy atom. The van der Waals surface area contributed by atoms with Gasteiger partial charge in [-0.05, 0) is 30.9 Å². The fourth-order valence-corrected chi connectivity index (χ4v) is 2.52. The lowest BCUT2D eigenvalue weighted by Crippen LogP contribution is -2.42. The summed E-state index contributed by atoms with van der Waals surface area (Å²) in [6, 6.07) is 3.47. The highest BCUT2D eigenvalue weighted by molar-refractivity contribution is 6.33. The minimum atomic E-state index is -0.139. The molecule has 118 valence electrons. The predicted octanol–water partition coefficient (Wildman–Crippen LogP) is 3.31. The van der Waals surface area contributed by atoms with Gasteiger partial charge in [-0.15, -0.1) is 0 Å². The number of aromatic nitrogens is 1. The summed E-state index contributed by atoms with van der Waals surface area (Å²) in [4.78, 5) is 18.9. The molecule has 0 radical (unpaired) electrons. The average Bonchev–Trinajstić information content (AvgIpc) is 2.47. The Balaban J connectivity index is 3.15. The van der Waals surface area contributed by atoms with E-state index in [-0.39, 0.29) is 17.6 Å². The van der Waals surface area contributed by atoms with Crippen molar-refractivity contribution in [2.24, 2.45) is 11.8 Å². The molecule has 0 aromatic carbocycles. The number of carbonyl (C=O) groups is 1. The van der Waals surface area contributed by atoms with E-state index < -0.39 is 0 Å². The first-order chi connectivity index (χ1) is 9.94. The standard InChI is InChI=1S/C15H25ClN4O/c1-5-11(6-2)20(9-10(3)4)15(21)14-12(16)7-8-13(18-14)19-17/h7-8,10-11H,5-6,9,17H2,1-4H3,(H,18,19). The summed E-state index contributed by atoms with van der Waals surface area (Å²) < 4.78 is 0. The molecule has 3 N–H and O–H groups in total. The predicted molar refractivity (Wildman–Crippen MR) is 87.3 cm³/mol. The van der Waals surface area contributed by atoms with Gasteiger partial charge in [0.1, 0.15) is 11.5 Å². The molecule has 0 aliphatic heterocycles. The van der Waals surface area contributed by atoms with Gasteiger partial charge in [0.25, 0.3) is 5.91 Å². The maximum atomic E-state index is 12.8. The van der Waals surface area contributed by atoms with Gasteiger partial charge in [0.2, 0.25) is 0 Å². The van der Waals surface area contributed by atoms with E-state index in [9.17, 15) is 4.79 Å². The van der Waals surface area contributed by atoms with E-state index in [0.717, 1.165) is 12.8 Å². The Morgan fingerprint density at radius 2 is 2.00 bits per heavy atom. The molecule has 0 aliphatic carbocycles. The number of rotatable bonds is 7. The Hall–Kier alpha value is -1.33. The lowest BCUT2D eigenvalue weighted by Gasteiger charge is -2.32. The van der Waals surface area contributed by atoms with E-state index in [2.05, 4.69) is 38.1 Å². The summed E-state index contributed by atoms with van der Waals surface area (Å²) in [6.07, 6.45) is 1.81. The van der Waals surface area contributed by atoms with Crippen LogP contribution in [0.4, 0.5) is 5.82 Å². The smallest absolute Gasteiger partial charge is 0.274 e. The molecule has 0 fully saturated rings. The highest BCUT2D eigenvalue weighted by Gasteiger charge is 2.26. The lowest BCUT2D eigenvalue weighted by molar-refractivity contribution is 0.0634. The largest absolute Gasteiger partial charge is 0.334 e. The highest BCUT2D eigenvalue weighted by Crippen LogP contribution is 2.21. The number of carbonyl (C=O) groups excluding carboxylic acids is 1. The number of anilines is 1. The average molecular weight is 313 g/mol. The van der Waals surface area contributed by atoms with Crippen molar-refractivity contribution >= 4 is 23.3 Å². The van der Waals surface area contributed by atoms with Crippen molar-refractivity contribution in [2.75, 3.05) is 12.0 Å². The van der Waals surface area contributed by atoms with Crippen molar-refractivity contribution in [3.8, 4) is 0 Å². The molecule has 0 saturated carbocycles. The third-order valence-electron chi connectivity index (χ3n) is 3.40. The molecule has 1 amide bonds. The molecule has 1 rings (SSSR count). The zero-order chi connectivity index (χ0) is 16.0. The first kappa shape index (κ1) is 17.7. The minimum absolute atomic E-state index is 0.139. The van der Waals surface area contributed by atoms with Gasteiger partial charge in [-0.3, -0.25) is 4.79 Å². The Labute approximate surface area is 131 Å². The van der Waals surface area contributed by atoms with Crippen LogP contribution in [0.15, 0.2) is 12.1 Å². The van der Waals surface area contributed by atoms with Crippen molar-refractivity contribution in [1.82, 2.24) is 9.88 Å². The minimum Gasteiger partial charge on any atom is -0.334 e. The van der Waals surface area contributed by atoms with Crippen molar-refractivity contribution < 1.29 is 4.79 Å². The Kier molecular flexibility index (Phi) is 6.92. The molecule has 0 aliphatic rings. The van der Waals surface area contributed by atoms with Crippen LogP contribution in [0.3, 0.4) is 0 Å². The van der Waals surface area contributed by atoms with Crippen LogP contribution in [-0.4, -0.2) is 28.4 Å². The number of nitrogens with zero attached hydrogens (tertiary/aromatic N) is 2. The van der Waals surface area contributed by atoms with E-state index in [4.69, 9.17) is 17.4 Å². The first-order valence-electron chi connectivity index (χ1n) is 7.38. The van der Waals surface area contributed by atoms with Gasteiger partial charge in [-0.25, -0.2) is 10.8 Å². The number of amides is 1. The summed E-state index contributed by atoms with van der Waals surface area (Å²) in [6.45, 7) is 9.04. The molecule has 1 aromatic heterocycles. The van der Waals surface area contributed by atoms with Gasteiger partial charge in [0.05, 0.1) is 5.02 Å². The van der Waals surface area contributed by atoms with Crippen molar-refractivity contribution in [3.63, 3.8) is 0 Å². The van der Waals surface area contributed by atoms with Crippen LogP contribution in [0.25, 0.3) is 0 Å².